The van der Waals surface area contributed by atoms with Gasteiger partial charge in [-0.3, -0.25) is 19.5 Å². The van der Waals surface area contributed by atoms with Crippen molar-refractivity contribution in [1.82, 2.24) is 19.7 Å². The van der Waals surface area contributed by atoms with Crippen LogP contribution in [-0.2, 0) is 6.42 Å². The van der Waals surface area contributed by atoms with Crippen LogP contribution in [0.15, 0.2) is 29.1 Å². The maximum absolute atomic E-state index is 13.7. The lowest BCUT2D eigenvalue weighted by molar-refractivity contribution is 0.0991. The lowest BCUT2D eigenvalue weighted by Gasteiger charge is -2.18. The van der Waals surface area contributed by atoms with Crippen LogP contribution in [0.5, 0.6) is 0 Å². The molecule has 9 heteroatoms. The van der Waals surface area contributed by atoms with Crippen molar-refractivity contribution in [3.63, 3.8) is 0 Å². The molecule has 0 atom stereocenters. The molecule has 1 N–H and O–H groups in total. The van der Waals surface area contributed by atoms with Gasteiger partial charge in [0.25, 0.3) is 11.5 Å². The van der Waals surface area contributed by atoms with Gasteiger partial charge in [-0.1, -0.05) is 18.5 Å². The molecular formula is C19H19ClFN5O2. The minimum absolute atomic E-state index is 0.0617. The quantitative estimate of drug-likeness (QED) is 0.725. The van der Waals surface area contributed by atoms with Gasteiger partial charge in [0.2, 0.25) is 5.95 Å². The van der Waals surface area contributed by atoms with Gasteiger partial charge in [0, 0.05) is 29.9 Å². The largest absolute Gasteiger partial charge is 0.296 e. The first-order valence-electron chi connectivity index (χ1n) is 8.62. The number of aromatic amines is 1. The molecule has 3 aromatic rings. The number of carbonyl (C=O) groups excluding carboxylic acids is 1. The number of nitrogens with one attached hydrogen (secondary N) is 1. The standard InChI is InChI=1S/C19H19ClFN5O2/c1-5-13-11(3)22-19(23-17(13)27)26-16(8-10(2)24-26)25(4)18(28)12-6-7-14(20)15(21)9-12/h6-9H,5H2,1-4H3,(H,22,23,27). The summed E-state index contributed by atoms with van der Waals surface area (Å²) in [6.07, 6.45) is 0.556. The molecule has 0 saturated heterocycles. The summed E-state index contributed by atoms with van der Waals surface area (Å²) < 4.78 is 15.1. The summed E-state index contributed by atoms with van der Waals surface area (Å²) in [7, 11) is 1.53. The number of anilines is 1. The zero-order chi connectivity index (χ0) is 20.6. The van der Waals surface area contributed by atoms with Gasteiger partial charge in [0.1, 0.15) is 11.6 Å². The summed E-state index contributed by atoms with van der Waals surface area (Å²) in [5.41, 5.74) is 1.69. The van der Waals surface area contributed by atoms with Gasteiger partial charge in [-0.25, -0.2) is 9.37 Å². The molecule has 2 heterocycles. The highest BCUT2D eigenvalue weighted by Gasteiger charge is 2.21. The van der Waals surface area contributed by atoms with E-state index in [2.05, 4.69) is 15.1 Å². The second-order valence-corrected chi connectivity index (χ2v) is 6.76. The fourth-order valence-corrected chi connectivity index (χ4v) is 3.04. The molecule has 0 unspecified atom stereocenters. The predicted octanol–water partition coefficient (Wildman–Crippen LogP) is 3.20. The second kappa shape index (κ2) is 7.55. The molecule has 1 aromatic carbocycles. The first kappa shape index (κ1) is 19.8. The molecule has 0 aliphatic carbocycles. The molecule has 0 aliphatic rings. The molecule has 7 nitrogen and oxygen atoms in total. The summed E-state index contributed by atoms with van der Waals surface area (Å²) in [5, 5.41) is 4.28. The van der Waals surface area contributed by atoms with Gasteiger partial charge in [0.05, 0.1) is 10.7 Å². The number of benzene rings is 1. The van der Waals surface area contributed by atoms with Crippen LogP contribution in [0.2, 0.25) is 5.02 Å². The smallest absolute Gasteiger partial charge is 0.259 e. The van der Waals surface area contributed by atoms with E-state index in [1.165, 1.54) is 28.8 Å². The molecular weight excluding hydrogens is 385 g/mol. The summed E-state index contributed by atoms with van der Waals surface area (Å²) in [4.78, 5) is 33.6. The van der Waals surface area contributed by atoms with Gasteiger partial charge < -0.3 is 0 Å². The average Bonchev–Trinajstić information content (AvgIpc) is 3.04. The minimum Gasteiger partial charge on any atom is -0.296 e. The Morgan fingerprint density at radius 3 is 2.64 bits per heavy atom. The van der Waals surface area contributed by atoms with Gasteiger partial charge in [0.15, 0.2) is 0 Å². The van der Waals surface area contributed by atoms with Crippen molar-refractivity contribution in [3.05, 3.63) is 68.0 Å². The molecule has 2 aromatic heterocycles. The topological polar surface area (TPSA) is 83.9 Å². The van der Waals surface area contributed by atoms with E-state index < -0.39 is 11.7 Å². The van der Waals surface area contributed by atoms with Crippen molar-refractivity contribution in [2.24, 2.45) is 0 Å². The number of carbonyl (C=O) groups is 1. The summed E-state index contributed by atoms with van der Waals surface area (Å²) in [6, 6.07) is 5.52. The molecule has 0 spiro atoms. The molecule has 0 aliphatic heterocycles. The number of aromatic nitrogens is 4. The third-order valence-corrected chi connectivity index (χ3v) is 4.70. The van der Waals surface area contributed by atoms with E-state index in [9.17, 15) is 14.0 Å². The van der Waals surface area contributed by atoms with Crippen molar-refractivity contribution in [1.29, 1.82) is 0 Å². The maximum Gasteiger partial charge on any atom is 0.259 e. The molecule has 1 amide bonds. The van der Waals surface area contributed by atoms with Crippen LogP contribution in [0.4, 0.5) is 10.2 Å². The van der Waals surface area contributed by atoms with Crippen LogP contribution >= 0.6 is 11.6 Å². The highest BCUT2D eigenvalue weighted by molar-refractivity contribution is 6.30. The van der Waals surface area contributed by atoms with Crippen molar-refractivity contribution in [3.8, 4) is 5.95 Å². The Balaban J connectivity index is 2.06. The van der Waals surface area contributed by atoms with Gasteiger partial charge >= 0.3 is 0 Å². The van der Waals surface area contributed by atoms with E-state index in [1.54, 1.807) is 19.9 Å². The van der Waals surface area contributed by atoms with E-state index in [4.69, 9.17) is 11.6 Å². The van der Waals surface area contributed by atoms with Crippen LogP contribution in [-0.4, -0.2) is 32.7 Å². The zero-order valence-corrected chi connectivity index (χ0v) is 16.6. The first-order chi connectivity index (χ1) is 13.2. The first-order valence-corrected chi connectivity index (χ1v) is 9.00. The fraction of sp³-hybridized carbons (Fsp3) is 0.263. The SMILES string of the molecule is CCc1c(C)nc(-n2nc(C)cc2N(C)C(=O)c2ccc(Cl)c(F)c2)[nH]c1=O. The van der Waals surface area contributed by atoms with E-state index in [0.717, 1.165) is 6.07 Å². The van der Waals surface area contributed by atoms with Crippen LogP contribution in [0.25, 0.3) is 5.95 Å². The number of rotatable bonds is 4. The molecule has 0 fully saturated rings. The van der Waals surface area contributed by atoms with E-state index >= 15 is 0 Å². The van der Waals surface area contributed by atoms with Crippen molar-refractivity contribution >= 4 is 23.3 Å². The highest BCUT2D eigenvalue weighted by atomic mass is 35.5. The lowest BCUT2D eigenvalue weighted by atomic mass is 10.2. The molecule has 146 valence electrons. The van der Waals surface area contributed by atoms with Crippen LogP contribution < -0.4 is 10.5 Å². The Bertz CT molecular complexity index is 1120. The maximum atomic E-state index is 13.7. The monoisotopic (exact) mass is 403 g/mol. The Hall–Kier alpha value is -3.00. The van der Waals surface area contributed by atoms with E-state index in [-0.39, 0.29) is 22.1 Å². The third-order valence-electron chi connectivity index (χ3n) is 4.39. The Morgan fingerprint density at radius 1 is 1.32 bits per heavy atom. The number of hydrogen-bond donors (Lipinski definition) is 1. The number of nitrogens with zero attached hydrogens (tertiary/aromatic N) is 4. The number of halogens is 2. The summed E-state index contributed by atoms with van der Waals surface area (Å²) >= 11 is 5.69. The van der Waals surface area contributed by atoms with Gasteiger partial charge in [-0.15, -0.1) is 0 Å². The number of amides is 1. The van der Waals surface area contributed by atoms with Gasteiger partial charge in [-0.2, -0.15) is 9.78 Å². The fourth-order valence-electron chi connectivity index (χ4n) is 2.92. The Morgan fingerprint density at radius 2 is 2.04 bits per heavy atom. The zero-order valence-electron chi connectivity index (χ0n) is 15.9. The molecule has 3 rings (SSSR count). The summed E-state index contributed by atoms with van der Waals surface area (Å²) in [6.45, 7) is 5.38. The van der Waals surface area contributed by atoms with Gasteiger partial charge in [-0.05, 0) is 38.5 Å². The average molecular weight is 404 g/mol. The van der Waals surface area contributed by atoms with Crippen LogP contribution in [0.1, 0.15) is 34.2 Å². The number of H-pyrrole nitrogens is 1. The van der Waals surface area contributed by atoms with Crippen molar-refractivity contribution in [2.45, 2.75) is 27.2 Å². The summed E-state index contributed by atoms with van der Waals surface area (Å²) in [5.74, 6) is -0.558. The molecule has 28 heavy (non-hydrogen) atoms. The van der Waals surface area contributed by atoms with Crippen LogP contribution in [0, 0.1) is 19.7 Å². The highest BCUT2D eigenvalue weighted by Crippen LogP contribution is 2.22. The lowest BCUT2D eigenvalue weighted by Crippen LogP contribution is -2.29. The Labute approximate surface area is 165 Å². The van der Waals surface area contributed by atoms with Crippen molar-refractivity contribution in [2.75, 3.05) is 11.9 Å². The molecule has 0 saturated carbocycles. The van der Waals surface area contributed by atoms with Crippen LogP contribution in [0.3, 0.4) is 0 Å². The third kappa shape index (κ3) is 3.55. The minimum atomic E-state index is -0.678. The second-order valence-electron chi connectivity index (χ2n) is 6.36. The molecule has 0 bridgehead atoms. The van der Waals surface area contributed by atoms with Crippen molar-refractivity contribution < 1.29 is 9.18 Å². The van der Waals surface area contributed by atoms with E-state index in [1.807, 2.05) is 6.92 Å². The van der Waals surface area contributed by atoms with E-state index in [0.29, 0.717) is 29.2 Å². The molecule has 0 radical (unpaired) electrons. The predicted molar refractivity (Wildman–Crippen MR) is 105 cm³/mol. The normalized spacial score (nSPS) is 10.9. The Kier molecular flexibility index (Phi) is 5.33. The number of hydrogen-bond acceptors (Lipinski definition) is 4. The number of aryl methyl sites for hydroxylation is 2.